The number of nitrogens with one attached hydrogen (secondary N) is 2. The maximum Gasteiger partial charge on any atom is 0.243 e. The number of carbonyl (C=O) groups excluding carboxylic acids is 2. The molecule has 0 spiro atoms. The van der Waals surface area contributed by atoms with E-state index >= 15 is 0 Å². The summed E-state index contributed by atoms with van der Waals surface area (Å²) in [5.41, 5.74) is 0.527. The zero-order chi connectivity index (χ0) is 21.3. The number of likely N-dealkylation sites (N-methyl/N-ethyl adjacent to an activating group) is 2. The predicted octanol–water partition coefficient (Wildman–Crippen LogP) is 1.65. The number of rotatable bonds is 9. The summed E-state index contributed by atoms with van der Waals surface area (Å²) in [4.78, 5) is 25.9. The van der Waals surface area contributed by atoms with Crippen LogP contribution in [0.4, 0.5) is 5.69 Å². The molecule has 0 saturated carbocycles. The lowest BCUT2D eigenvalue weighted by molar-refractivity contribution is -0.123. The third-order valence-corrected chi connectivity index (χ3v) is 6.81. The topological polar surface area (TPSA) is 98.8 Å². The fraction of sp³-hybridized carbons (Fsp3) is 0.600. The highest BCUT2D eigenvalue weighted by Crippen LogP contribution is 2.21. The fourth-order valence-electron chi connectivity index (χ4n) is 3.28. The van der Waals surface area contributed by atoms with Gasteiger partial charge in [-0.05, 0) is 50.6 Å². The Hall–Kier alpha value is -1.97. The van der Waals surface area contributed by atoms with Crippen molar-refractivity contribution in [1.29, 1.82) is 0 Å². The van der Waals surface area contributed by atoms with E-state index in [1.165, 1.54) is 12.1 Å². The first-order chi connectivity index (χ1) is 13.9. The lowest BCUT2D eigenvalue weighted by Crippen LogP contribution is -2.41. The quantitative estimate of drug-likeness (QED) is 0.628. The molecule has 0 atom stereocenters. The highest BCUT2D eigenvalue weighted by Gasteiger charge is 2.25. The van der Waals surface area contributed by atoms with Gasteiger partial charge in [-0.3, -0.25) is 14.5 Å². The van der Waals surface area contributed by atoms with E-state index in [2.05, 4.69) is 10.6 Å². The minimum Gasteiger partial charge on any atom is -0.355 e. The number of nitrogens with zero attached hydrogens (tertiary/aromatic N) is 2. The molecular formula is C20H32N4O4S. The second kappa shape index (κ2) is 11.3. The molecule has 0 aromatic heterocycles. The maximum atomic E-state index is 12.8. The maximum absolute atomic E-state index is 12.8. The fourth-order valence-corrected chi connectivity index (χ4v) is 4.80. The summed E-state index contributed by atoms with van der Waals surface area (Å²) in [6.45, 7) is 6.20. The first-order valence-electron chi connectivity index (χ1n) is 10.3. The Morgan fingerprint density at radius 1 is 0.966 bits per heavy atom. The third-order valence-electron chi connectivity index (χ3n) is 4.90. The molecule has 1 aromatic rings. The predicted molar refractivity (Wildman–Crippen MR) is 113 cm³/mol. The van der Waals surface area contributed by atoms with Gasteiger partial charge < -0.3 is 10.6 Å². The monoisotopic (exact) mass is 424 g/mol. The molecule has 1 aliphatic rings. The van der Waals surface area contributed by atoms with E-state index in [1.807, 2.05) is 13.8 Å². The van der Waals surface area contributed by atoms with Crippen molar-refractivity contribution in [3.05, 3.63) is 24.3 Å². The lowest BCUT2D eigenvalue weighted by Gasteiger charge is -2.20. The Morgan fingerprint density at radius 2 is 1.55 bits per heavy atom. The number of carbonyl (C=O) groups is 2. The molecule has 0 aliphatic carbocycles. The van der Waals surface area contributed by atoms with Crippen molar-refractivity contribution in [3.8, 4) is 0 Å². The van der Waals surface area contributed by atoms with E-state index < -0.39 is 10.0 Å². The van der Waals surface area contributed by atoms with Gasteiger partial charge in [-0.1, -0.05) is 19.8 Å². The SMILES string of the molecule is CCNC(=O)CN(CC)CC(=O)Nc1ccc(S(=O)(=O)N2CCCCCC2)cc1. The molecule has 162 valence electrons. The molecule has 2 amide bonds. The van der Waals surface area contributed by atoms with Crippen LogP contribution in [0.2, 0.25) is 0 Å². The Kier molecular flexibility index (Phi) is 9.06. The van der Waals surface area contributed by atoms with Gasteiger partial charge in [0.2, 0.25) is 21.8 Å². The molecule has 1 heterocycles. The summed E-state index contributed by atoms with van der Waals surface area (Å²) in [5, 5.41) is 5.47. The van der Waals surface area contributed by atoms with E-state index in [0.717, 1.165) is 25.7 Å². The molecule has 1 aliphatic heterocycles. The second-order valence-corrected chi connectivity index (χ2v) is 9.09. The van der Waals surface area contributed by atoms with E-state index in [0.29, 0.717) is 31.9 Å². The van der Waals surface area contributed by atoms with Crippen LogP contribution in [0.3, 0.4) is 0 Å². The van der Waals surface area contributed by atoms with Crippen LogP contribution in [0.25, 0.3) is 0 Å². The molecule has 1 saturated heterocycles. The minimum absolute atomic E-state index is 0.0848. The number of sulfonamides is 1. The summed E-state index contributed by atoms with van der Waals surface area (Å²) in [5.74, 6) is -0.371. The van der Waals surface area contributed by atoms with E-state index in [4.69, 9.17) is 0 Å². The molecule has 29 heavy (non-hydrogen) atoms. The number of hydrogen-bond acceptors (Lipinski definition) is 5. The van der Waals surface area contributed by atoms with Crippen LogP contribution < -0.4 is 10.6 Å². The van der Waals surface area contributed by atoms with E-state index in [-0.39, 0.29) is 29.8 Å². The van der Waals surface area contributed by atoms with E-state index in [1.54, 1.807) is 21.3 Å². The lowest BCUT2D eigenvalue weighted by atomic mass is 10.2. The second-order valence-electron chi connectivity index (χ2n) is 7.15. The van der Waals surface area contributed by atoms with E-state index in [9.17, 15) is 18.0 Å². The number of benzene rings is 1. The van der Waals surface area contributed by atoms with Crippen LogP contribution in [0.1, 0.15) is 39.5 Å². The van der Waals surface area contributed by atoms with Crippen molar-refractivity contribution in [1.82, 2.24) is 14.5 Å². The van der Waals surface area contributed by atoms with Crippen LogP contribution in [-0.2, 0) is 19.6 Å². The van der Waals surface area contributed by atoms with Gasteiger partial charge in [0.05, 0.1) is 18.0 Å². The van der Waals surface area contributed by atoms with Gasteiger partial charge >= 0.3 is 0 Å². The normalized spacial score (nSPS) is 15.7. The van der Waals surface area contributed by atoms with Crippen molar-refractivity contribution >= 4 is 27.5 Å². The van der Waals surface area contributed by atoms with Crippen molar-refractivity contribution in [3.63, 3.8) is 0 Å². The van der Waals surface area contributed by atoms with Gasteiger partial charge in [0.15, 0.2) is 0 Å². The van der Waals surface area contributed by atoms with Crippen LogP contribution in [0.15, 0.2) is 29.2 Å². The van der Waals surface area contributed by atoms with Crippen LogP contribution in [0.5, 0.6) is 0 Å². The molecular weight excluding hydrogens is 392 g/mol. The molecule has 2 rings (SSSR count). The zero-order valence-electron chi connectivity index (χ0n) is 17.3. The molecule has 9 heteroatoms. The molecule has 2 N–H and O–H groups in total. The Labute approximate surface area is 173 Å². The highest BCUT2D eigenvalue weighted by atomic mass is 32.2. The number of amides is 2. The summed E-state index contributed by atoms with van der Waals surface area (Å²) in [6.07, 6.45) is 3.90. The molecule has 0 unspecified atom stereocenters. The smallest absolute Gasteiger partial charge is 0.243 e. The first-order valence-corrected chi connectivity index (χ1v) is 11.7. The largest absolute Gasteiger partial charge is 0.355 e. The molecule has 8 nitrogen and oxygen atoms in total. The summed E-state index contributed by atoms with van der Waals surface area (Å²) in [6, 6.07) is 6.26. The van der Waals surface area contributed by atoms with Gasteiger partial charge in [0, 0.05) is 25.3 Å². The Morgan fingerprint density at radius 3 is 2.10 bits per heavy atom. The Balaban J connectivity index is 1.95. The van der Waals surface area contributed by atoms with Crippen LogP contribution in [-0.4, -0.2) is 68.7 Å². The summed E-state index contributed by atoms with van der Waals surface area (Å²) < 4.78 is 27.2. The first kappa shape index (κ1) is 23.3. The average molecular weight is 425 g/mol. The third kappa shape index (κ3) is 7.09. The van der Waals surface area contributed by atoms with Gasteiger partial charge in [-0.15, -0.1) is 0 Å². The Bertz CT molecular complexity index is 772. The van der Waals surface area contributed by atoms with Crippen LogP contribution >= 0.6 is 0 Å². The van der Waals surface area contributed by atoms with Crippen molar-refractivity contribution in [2.75, 3.05) is 44.6 Å². The standard InChI is InChI=1S/C20H32N4O4S/c1-3-21-19(25)15-23(4-2)16-20(26)22-17-9-11-18(12-10-17)29(27,28)24-13-7-5-6-8-14-24/h9-12H,3-8,13-16H2,1-2H3,(H,21,25)(H,22,26). The van der Waals surface area contributed by atoms with Crippen LogP contribution in [0, 0.1) is 0 Å². The summed E-state index contributed by atoms with van der Waals surface area (Å²) >= 11 is 0. The molecule has 0 bridgehead atoms. The number of anilines is 1. The van der Waals surface area contributed by atoms with Crippen molar-refractivity contribution in [2.24, 2.45) is 0 Å². The van der Waals surface area contributed by atoms with Gasteiger partial charge in [-0.2, -0.15) is 4.31 Å². The molecule has 0 radical (unpaired) electrons. The number of hydrogen-bond donors (Lipinski definition) is 2. The minimum atomic E-state index is -3.50. The molecule has 1 aromatic carbocycles. The molecule has 1 fully saturated rings. The van der Waals surface area contributed by atoms with Gasteiger partial charge in [0.25, 0.3) is 0 Å². The average Bonchev–Trinajstić information content (AvgIpc) is 2.98. The zero-order valence-corrected chi connectivity index (χ0v) is 18.1. The van der Waals surface area contributed by atoms with Gasteiger partial charge in [-0.25, -0.2) is 8.42 Å². The van der Waals surface area contributed by atoms with Gasteiger partial charge in [0.1, 0.15) is 0 Å². The van der Waals surface area contributed by atoms with Crippen molar-refractivity contribution < 1.29 is 18.0 Å². The highest BCUT2D eigenvalue weighted by molar-refractivity contribution is 7.89. The summed E-state index contributed by atoms with van der Waals surface area (Å²) in [7, 11) is -3.50. The van der Waals surface area contributed by atoms with Crippen molar-refractivity contribution in [2.45, 2.75) is 44.4 Å².